The van der Waals surface area contributed by atoms with Gasteiger partial charge in [-0.05, 0) is 29.7 Å². The number of benzene rings is 2. The molecule has 6 heteroatoms. The number of carbonyl (C=O) groups excluding carboxylic acids is 2. The molecule has 0 radical (unpaired) electrons. The van der Waals surface area contributed by atoms with Crippen LogP contribution in [0.1, 0.15) is 19.4 Å². The Bertz CT molecular complexity index is 782. The minimum Gasteiger partial charge on any atom is -0.488 e. The monoisotopic (exact) mass is 382 g/mol. The second-order valence-corrected chi connectivity index (χ2v) is 7.19. The summed E-state index contributed by atoms with van der Waals surface area (Å²) < 4.78 is 11.3. The highest BCUT2D eigenvalue weighted by Gasteiger charge is 2.27. The third kappa shape index (κ3) is 5.25. The molecule has 28 heavy (non-hydrogen) atoms. The van der Waals surface area contributed by atoms with E-state index in [2.05, 4.69) is 10.6 Å². The van der Waals surface area contributed by atoms with Crippen LogP contribution in [-0.4, -0.2) is 37.1 Å². The average molecular weight is 382 g/mol. The van der Waals surface area contributed by atoms with E-state index >= 15 is 0 Å². The molecular formula is C22H26N2O4. The van der Waals surface area contributed by atoms with Gasteiger partial charge < -0.3 is 20.1 Å². The topological polar surface area (TPSA) is 76.7 Å². The SMILES string of the molecule is CC(C)C(NC(=O)COc1ccccc1)C(=O)NCC1Cc2ccccc2O1. The fraction of sp³-hybridized carbons (Fsp3) is 0.364. The van der Waals surface area contributed by atoms with Gasteiger partial charge in [-0.25, -0.2) is 0 Å². The van der Waals surface area contributed by atoms with E-state index in [1.165, 1.54) is 0 Å². The number of hydrogen-bond donors (Lipinski definition) is 2. The number of fused-ring (bicyclic) bond motifs is 1. The molecule has 2 N–H and O–H groups in total. The van der Waals surface area contributed by atoms with Gasteiger partial charge in [0.05, 0.1) is 6.54 Å². The molecule has 2 atom stereocenters. The van der Waals surface area contributed by atoms with Crippen LogP contribution in [0.5, 0.6) is 11.5 Å². The molecule has 0 saturated carbocycles. The zero-order chi connectivity index (χ0) is 19.9. The molecule has 0 spiro atoms. The zero-order valence-electron chi connectivity index (χ0n) is 16.2. The number of ether oxygens (including phenoxy) is 2. The van der Waals surface area contributed by atoms with Crippen LogP contribution in [0.15, 0.2) is 54.6 Å². The van der Waals surface area contributed by atoms with Crippen LogP contribution < -0.4 is 20.1 Å². The summed E-state index contributed by atoms with van der Waals surface area (Å²) in [6.07, 6.45) is 0.673. The molecule has 2 aromatic rings. The Kier molecular flexibility index (Phi) is 6.53. The molecular weight excluding hydrogens is 356 g/mol. The largest absolute Gasteiger partial charge is 0.488 e. The van der Waals surface area contributed by atoms with E-state index < -0.39 is 6.04 Å². The third-order valence-electron chi connectivity index (χ3n) is 4.60. The number of rotatable bonds is 8. The minimum absolute atomic E-state index is 0.0534. The highest BCUT2D eigenvalue weighted by molar-refractivity contribution is 5.88. The minimum atomic E-state index is -0.629. The Hall–Kier alpha value is -3.02. The molecule has 1 heterocycles. The molecule has 0 aromatic heterocycles. The van der Waals surface area contributed by atoms with Crippen molar-refractivity contribution >= 4 is 11.8 Å². The summed E-state index contributed by atoms with van der Waals surface area (Å²) in [5.74, 6) is 0.877. The van der Waals surface area contributed by atoms with Crippen molar-refractivity contribution < 1.29 is 19.1 Å². The Balaban J connectivity index is 1.46. The Morgan fingerprint density at radius 1 is 1.11 bits per heavy atom. The van der Waals surface area contributed by atoms with E-state index in [1.807, 2.05) is 56.3 Å². The standard InChI is InChI=1S/C22H26N2O4/c1-15(2)21(24-20(25)14-27-17-9-4-3-5-10-17)22(26)23-13-18-12-16-8-6-7-11-19(16)28-18/h3-11,15,18,21H,12-14H2,1-2H3,(H,23,26)(H,24,25). The molecule has 2 amide bonds. The van der Waals surface area contributed by atoms with Gasteiger partial charge in [-0.1, -0.05) is 50.2 Å². The van der Waals surface area contributed by atoms with Crippen molar-refractivity contribution in [3.63, 3.8) is 0 Å². The molecule has 2 unspecified atom stereocenters. The molecule has 1 aliphatic rings. The van der Waals surface area contributed by atoms with E-state index in [4.69, 9.17) is 9.47 Å². The molecule has 0 aliphatic carbocycles. The first-order valence-corrected chi connectivity index (χ1v) is 9.52. The molecule has 0 fully saturated rings. The van der Waals surface area contributed by atoms with E-state index in [1.54, 1.807) is 12.1 Å². The number of hydrogen-bond acceptors (Lipinski definition) is 4. The predicted molar refractivity (Wildman–Crippen MR) is 106 cm³/mol. The lowest BCUT2D eigenvalue weighted by Gasteiger charge is -2.22. The number of nitrogens with one attached hydrogen (secondary N) is 2. The molecule has 148 valence electrons. The quantitative estimate of drug-likeness (QED) is 0.735. The van der Waals surface area contributed by atoms with Gasteiger partial charge in [-0.2, -0.15) is 0 Å². The summed E-state index contributed by atoms with van der Waals surface area (Å²) in [6.45, 7) is 4.05. The molecule has 0 bridgehead atoms. The maximum atomic E-state index is 12.6. The molecule has 6 nitrogen and oxygen atoms in total. The van der Waals surface area contributed by atoms with Crippen LogP contribution in [0.25, 0.3) is 0 Å². The zero-order valence-corrected chi connectivity index (χ0v) is 16.2. The number of amides is 2. The van der Waals surface area contributed by atoms with Crippen LogP contribution in [0.3, 0.4) is 0 Å². The van der Waals surface area contributed by atoms with Crippen molar-refractivity contribution in [3.8, 4) is 11.5 Å². The van der Waals surface area contributed by atoms with Crippen LogP contribution in [0, 0.1) is 5.92 Å². The lowest BCUT2D eigenvalue weighted by Crippen LogP contribution is -2.52. The lowest BCUT2D eigenvalue weighted by molar-refractivity contribution is -0.131. The highest BCUT2D eigenvalue weighted by Crippen LogP contribution is 2.27. The molecule has 1 aliphatic heterocycles. The maximum Gasteiger partial charge on any atom is 0.258 e. The first-order valence-electron chi connectivity index (χ1n) is 9.52. The van der Waals surface area contributed by atoms with Crippen molar-refractivity contribution in [1.29, 1.82) is 0 Å². The highest BCUT2D eigenvalue weighted by atomic mass is 16.5. The van der Waals surface area contributed by atoms with Crippen molar-refractivity contribution in [2.45, 2.75) is 32.4 Å². The second-order valence-electron chi connectivity index (χ2n) is 7.19. The van der Waals surface area contributed by atoms with E-state index in [9.17, 15) is 9.59 Å². The van der Waals surface area contributed by atoms with Crippen LogP contribution >= 0.6 is 0 Å². The van der Waals surface area contributed by atoms with Crippen LogP contribution in [0.2, 0.25) is 0 Å². The van der Waals surface area contributed by atoms with Gasteiger partial charge in [0.2, 0.25) is 5.91 Å². The smallest absolute Gasteiger partial charge is 0.258 e. The molecule has 2 aromatic carbocycles. The first kappa shape index (κ1) is 19.7. The fourth-order valence-corrected chi connectivity index (χ4v) is 3.11. The van der Waals surface area contributed by atoms with Gasteiger partial charge in [0, 0.05) is 6.42 Å². The molecule has 0 saturated heterocycles. The maximum absolute atomic E-state index is 12.6. The Morgan fingerprint density at radius 2 is 1.82 bits per heavy atom. The van der Waals surface area contributed by atoms with Gasteiger partial charge >= 0.3 is 0 Å². The van der Waals surface area contributed by atoms with Crippen molar-refractivity contribution in [2.75, 3.05) is 13.2 Å². The summed E-state index contributed by atoms with van der Waals surface area (Å²) in [4.78, 5) is 24.8. The van der Waals surface area contributed by atoms with Crippen molar-refractivity contribution in [1.82, 2.24) is 10.6 Å². The van der Waals surface area contributed by atoms with Gasteiger partial charge in [0.15, 0.2) is 6.61 Å². The Labute approximate surface area is 165 Å². The summed E-state index contributed by atoms with van der Waals surface area (Å²) >= 11 is 0. The van der Waals surface area contributed by atoms with Crippen molar-refractivity contribution in [2.24, 2.45) is 5.92 Å². The number of para-hydroxylation sites is 2. The van der Waals surface area contributed by atoms with E-state index in [0.717, 1.165) is 17.7 Å². The number of carbonyl (C=O) groups is 2. The summed E-state index contributed by atoms with van der Waals surface area (Å²) in [5, 5.41) is 5.66. The van der Waals surface area contributed by atoms with E-state index in [-0.39, 0.29) is 30.4 Å². The van der Waals surface area contributed by atoms with E-state index in [0.29, 0.717) is 12.3 Å². The summed E-state index contributed by atoms with van der Waals surface area (Å²) in [7, 11) is 0. The lowest BCUT2D eigenvalue weighted by atomic mass is 10.0. The second kappa shape index (κ2) is 9.26. The third-order valence-corrected chi connectivity index (χ3v) is 4.60. The normalized spacial score (nSPS) is 16.0. The first-order chi connectivity index (χ1) is 13.5. The van der Waals surface area contributed by atoms with Crippen LogP contribution in [0.4, 0.5) is 0 Å². The average Bonchev–Trinajstić information content (AvgIpc) is 3.12. The summed E-state index contributed by atoms with van der Waals surface area (Å²) in [6, 6.07) is 16.3. The van der Waals surface area contributed by atoms with Crippen LogP contribution in [-0.2, 0) is 16.0 Å². The van der Waals surface area contributed by atoms with Crippen molar-refractivity contribution in [3.05, 3.63) is 60.2 Å². The van der Waals surface area contributed by atoms with Gasteiger partial charge in [-0.3, -0.25) is 9.59 Å². The van der Waals surface area contributed by atoms with Gasteiger partial charge in [0.1, 0.15) is 23.6 Å². The molecule has 3 rings (SSSR count). The predicted octanol–water partition coefficient (Wildman–Crippen LogP) is 2.33. The van der Waals surface area contributed by atoms with Gasteiger partial charge in [-0.15, -0.1) is 0 Å². The Morgan fingerprint density at radius 3 is 2.54 bits per heavy atom. The summed E-state index contributed by atoms with van der Waals surface area (Å²) in [5.41, 5.74) is 1.15. The fourth-order valence-electron chi connectivity index (χ4n) is 3.11. The van der Waals surface area contributed by atoms with Gasteiger partial charge in [0.25, 0.3) is 5.91 Å².